The van der Waals surface area contributed by atoms with E-state index in [0.717, 1.165) is 0 Å². The lowest BCUT2D eigenvalue weighted by Crippen LogP contribution is -2.05. The molecule has 0 fully saturated rings. The summed E-state index contributed by atoms with van der Waals surface area (Å²) < 4.78 is 5.49. The minimum atomic E-state index is -0.00590. The van der Waals surface area contributed by atoms with Gasteiger partial charge in [-0.2, -0.15) is 10.5 Å². The molecular weight excluding hydrogens is 250 g/mol. The molecule has 0 heterocycles. The molecule has 0 amide bonds. The molecular formula is C13H12ClN3O. The maximum Gasteiger partial charge on any atom is 0.145 e. The van der Waals surface area contributed by atoms with E-state index in [1.807, 2.05) is 13.8 Å². The summed E-state index contributed by atoms with van der Waals surface area (Å²) in [7, 11) is 0. The molecule has 0 unspecified atom stereocenters. The van der Waals surface area contributed by atoms with Crippen molar-refractivity contribution >= 4 is 17.3 Å². The Morgan fingerprint density at radius 1 is 1.39 bits per heavy atom. The van der Waals surface area contributed by atoms with Gasteiger partial charge in [-0.3, -0.25) is 0 Å². The lowest BCUT2D eigenvalue weighted by Gasteiger charge is -2.12. The quantitative estimate of drug-likeness (QED) is 0.843. The minimum Gasteiger partial charge on any atom is -0.489 e. The maximum atomic E-state index is 8.58. The first kappa shape index (κ1) is 13.9. The van der Waals surface area contributed by atoms with Gasteiger partial charge in [-0.1, -0.05) is 11.6 Å². The number of nitrogens with zero attached hydrogens (tertiary/aromatic N) is 2. The molecule has 0 spiro atoms. The Morgan fingerprint density at radius 2 is 2.06 bits per heavy atom. The monoisotopic (exact) mass is 261 g/mol. The Balaban J connectivity index is 2.83. The van der Waals surface area contributed by atoms with Crippen LogP contribution in [-0.2, 0) is 0 Å². The van der Waals surface area contributed by atoms with E-state index >= 15 is 0 Å². The second-order valence-electron chi connectivity index (χ2n) is 3.74. The molecule has 92 valence electrons. The van der Waals surface area contributed by atoms with E-state index in [1.54, 1.807) is 30.3 Å². The van der Waals surface area contributed by atoms with Crippen LogP contribution in [0.1, 0.15) is 13.8 Å². The number of nitriles is 2. The molecule has 0 bridgehead atoms. The lowest BCUT2D eigenvalue weighted by atomic mass is 10.3. The predicted molar refractivity (Wildman–Crippen MR) is 70.1 cm³/mol. The summed E-state index contributed by atoms with van der Waals surface area (Å²) in [5, 5.41) is 20.4. The molecule has 1 aromatic carbocycles. The third-order valence-electron chi connectivity index (χ3n) is 1.92. The summed E-state index contributed by atoms with van der Waals surface area (Å²) in [6, 6.07) is 8.67. The van der Waals surface area contributed by atoms with Crippen LogP contribution in [0.2, 0.25) is 5.02 Å². The summed E-state index contributed by atoms with van der Waals surface area (Å²) in [6.07, 6.45) is 1.37. The van der Waals surface area contributed by atoms with Gasteiger partial charge in [0, 0.05) is 11.9 Å². The maximum absolute atomic E-state index is 8.58. The van der Waals surface area contributed by atoms with Gasteiger partial charge in [0.25, 0.3) is 0 Å². The zero-order valence-electron chi connectivity index (χ0n) is 10.1. The summed E-state index contributed by atoms with van der Waals surface area (Å²) in [5.41, 5.74) is 0.674. The van der Waals surface area contributed by atoms with Crippen molar-refractivity contribution in [2.45, 2.75) is 20.0 Å². The number of hydrogen-bond donors (Lipinski definition) is 1. The van der Waals surface area contributed by atoms with Crippen LogP contribution < -0.4 is 10.1 Å². The van der Waals surface area contributed by atoms with Crippen LogP contribution in [0.4, 0.5) is 5.69 Å². The third-order valence-corrected chi connectivity index (χ3v) is 2.21. The van der Waals surface area contributed by atoms with Crippen molar-refractivity contribution < 1.29 is 4.74 Å². The van der Waals surface area contributed by atoms with Crippen LogP contribution in [0.3, 0.4) is 0 Å². The average molecular weight is 262 g/mol. The number of allylic oxidation sites excluding steroid dienone is 1. The molecule has 1 rings (SSSR count). The van der Waals surface area contributed by atoms with Crippen LogP contribution in [-0.4, -0.2) is 6.10 Å². The van der Waals surface area contributed by atoms with Crippen LogP contribution >= 0.6 is 11.6 Å². The fourth-order valence-electron chi connectivity index (χ4n) is 1.19. The van der Waals surface area contributed by atoms with Crippen molar-refractivity contribution in [2.24, 2.45) is 0 Å². The Bertz CT molecular complexity index is 522. The van der Waals surface area contributed by atoms with Crippen LogP contribution in [0.15, 0.2) is 30.0 Å². The van der Waals surface area contributed by atoms with E-state index in [-0.39, 0.29) is 11.7 Å². The van der Waals surface area contributed by atoms with Crippen molar-refractivity contribution in [3.63, 3.8) is 0 Å². The largest absolute Gasteiger partial charge is 0.489 e. The highest BCUT2D eigenvalue weighted by atomic mass is 35.5. The molecule has 4 nitrogen and oxygen atoms in total. The normalized spacial score (nSPS) is 9.22. The number of hydrogen-bond acceptors (Lipinski definition) is 4. The zero-order chi connectivity index (χ0) is 13.5. The van der Waals surface area contributed by atoms with Gasteiger partial charge in [-0.05, 0) is 32.0 Å². The number of ether oxygens (including phenoxy) is 1. The fourth-order valence-corrected chi connectivity index (χ4v) is 1.41. The molecule has 0 saturated heterocycles. The van der Waals surface area contributed by atoms with Gasteiger partial charge in [-0.25, -0.2) is 0 Å². The van der Waals surface area contributed by atoms with Gasteiger partial charge in [-0.15, -0.1) is 0 Å². The zero-order valence-corrected chi connectivity index (χ0v) is 10.8. The Kier molecular flexibility index (Phi) is 5.05. The second-order valence-corrected chi connectivity index (χ2v) is 4.14. The first-order valence-electron chi connectivity index (χ1n) is 5.30. The van der Waals surface area contributed by atoms with Crippen molar-refractivity contribution in [3.8, 4) is 17.9 Å². The van der Waals surface area contributed by atoms with E-state index in [2.05, 4.69) is 5.32 Å². The van der Waals surface area contributed by atoms with Crippen molar-refractivity contribution in [1.29, 1.82) is 10.5 Å². The van der Waals surface area contributed by atoms with E-state index in [4.69, 9.17) is 26.9 Å². The summed E-state index contributed by atoms with van der Waals surface area (Å²) in [6.45, 7) is 3.83. The van der Waals surface area contributed by atoms with Crippen LogP contribution in [0.25, 0.3) is 0 Å². The standard InChI is InChI=1S/C13H12ClN3O/c1-9(2)18-13-4-3-11(5-12(13)14)17-8-10(6-15)7-16/h3-5,8-9,17H,1-2H3. The van der Waals surface area contributed by atoms with Crippen molar-refractivity contribution in [1.82, 2.24) is 0 Å². The van der Waals surface area contributed by atoms with Crippen molar-refractivity contribution in [2.75, 3.05) is 5.32 Å². The smallest absolute Gasteiger partial charge is 0.145 e. The number of halogens is 1. The molecule has 0 aliphatic carbocycles. The van der Waals surface area contributed by atoms with Gasteiger partial charge in [0.05, 0.1) is 11.1 Å². The van der Waals surface area contributed by atoms with Gasteiger partial charge in [0.2, 0.25) is 0 Å². The topological polar surface area (TPSA) is 68.8 Å². The average Bonchev–Trinajstić information content (AvgIpc) is 2.33. The highest BCUT2D eigenvalue weighted by molar-refractivity contribution is 6.32. The Labute approximate surface area is 111 Å². The minimum absolute atomic E-state index is 0.00590. The first-order valence-corrected chi connectivity index (χ1v) is 5.67. The molecule has 1 N–H and O–H groups in total. The van der Waals surface area contributed by atoms with E-state index < -0.39 is 0 Å². The molecule has 0 aliphatic rings. The summed E-state index contributed by atoms with van der Waals surface area (Å²) >= 11 is 6.04. The molecule has 0 aromatic heterocycles. The second kappa shape index (κ2) is 6.54. The summed E-state index contributed by atoms with van der Waals surface area (Å²) in [5.74, 6) is 0.599. The van der Waals surface area contributed by atoms with Gasteiger partial charge >= 0.3 is 0 Å². The number of rotatable bonds is 4. The molecule has 18 heavy (non-hydrogen) atoms. The van der Waals surface area contributed by atoms with Crippen LogP contribution in [0, 0.1) is 22.7 Å². The fraction of sp³-hybridized carbons (Fsp3) is 0.231. The third kappa shape index (κ3) is 4.01. The van der Waals surface area contributed by atoms with Crippen LogP contribution in [0.5, 0.6) is 5.75 Å². The van der Waals surface area contributed by atoms with Gasteiger partial charge < -0.3 is 10.1 Å². The molecule has 0 saturated carbocycles. The molecule has 0 atom stereocenters. The lowest BCUT2D eigenvalue weighted by molar-refractivity contribution is 0.242. The Hall–Kier alpha value is -2.17. The van der Waals surface area contributed by atoms with E-state index in [0.29, 0.717) is 16.5 Å². The number of nitrogens with one attached hydrogen (secondary N) is 1. The Morgan fingerprint density at radius 3 is 2.56 bits per heavy atom. The number of anilines is 1. The molecule has 1 aromatic rings. The highest BCUT2D eigenvalue weighted by Gasteiger charge is 2.04. The highest BCUT2D eigenvalue weighted by Crippen LogP contribution is 2.28. The van der Waals surface area contributed by atoms with E-state index in [9.17, 15) is 0 Å². The van der Waals surface area contributed by atoms with Gasteiger partial charge in [0.15, 0.2) is 0 Å². The predicted octanol–water partition coefficient (Wildman–Crippen LogP) is 3.47. The summed E-state index contributed by atoms with van der Waals surface area (Å²) in [4.78, 5) is 0. The SMILES string of the molecule is CC(C)Oc1ccc(NC=C(C#N)C#N)cc1Cl. The van der Waals surface area contributed by atoms with Gasteiger partial charge in [0.1, 0.15) is 23.5 Å². The first-order chi connectivity index (χ1) is 8.56. The molecule has 0 radical (unpaired) electrons. The molecule has 5 heteroatoms. The van der Waals surface area contributed by atoms with E-state index in [1.165, 1.54) is 6.20 Å². The molecule has 0 aliphatic heterocycles. The van der Waals surface area contributed by atoms with Crippen molar-refractivity contribution in [3.05, 3.63) is 35.0 Å². The number of benzene rings is 1.